The smallest absolute Gasteiger partial charge is 0.270 e. The van der Waals surface area contributed by atoms with E-state index < -0.39 is 16.9 Å². The Morgan fingerprint density at radius 3 is 2.57 bits per heavy atom. The van der Waals surface area contributed by atoms with E-state index in [2.05, 4.69) is 5.32 Å². The minimum atomic E-state index is -0.576. The molecule has 0 fully saturated rings. The highest BCUT2D eigenvalue weighted by Gasteiger charge is 2.22. The zero-order chi connectivity index (χ0) is 16.2. The Morgan fingerprint density at radius 2 is 2.10 bits per heavy atom. The van der Waals surface area contributed by atoms with Crippen molar-refractivity contribution in [1.29, 1.82) is 0 Å². The summed E-state index contributed by atoms with van der Waals surface area (Å²) in [7, 11) is 0. The number of amides is 1. The van der Waals surface area contributed by atoms with Gasteiger partial charge in [0.1, 0.15) is 0 Å². The Bertz CT molecular complexity index is 540. The maximum Gasteiger partial charge on any atom is 0.270 e. The summed E-state index contributed by atoms with van der Waals surface area (Å²) in [6.07, 6.45) is -0.120. The largest absolute Gasteiger partial charge is 0.393 e. The SMILES string of the molecule is CC(C)(C)C(O)CCNC(=O)c1ccc([N+](=O)[O-])cc1Cl. The van der Waals surface area contributed by atoms with Crippen LogP contribution in [0.4, 0.5) is 5.69 Å². The second-order valence-corrected chi connectivity index (χ2v) is 6.25. The quantitative estimate of drug-likeness (QED) is 0.645. The summed E-state index contributed by atoms with van der Waals surface area (Å²) in [6, 6.07) is 3.68. The Balaban J connectivity index is 2.63. The van der Waals surface area contributed by atoms with Crippen LogP contribution in [0.2, 0.25) is 5.02 Å². The van der Waals surface area contributed by atoms with Gasteiger partial charge < -0.3 is 10.4 Å². The summed E-state index contributed by atoms with van der Waals surface area (Å²) >= 11 is 5.87. The van der Waals surface area contributed by atoms with Crippen molar-refractivity contribution in [3.05, 3.63) is 38.9 Å². The molecule has 1 aromatic rings. The third-order valence-corrected chi connectivity index (χ3v) is 3.42. The standard InChI is InChI=1S/C14H19ClN2O4/c1-14(2,3)12(18)6-7-16-13(19)10-5-4-9(17(20)21)8-11(10)15/h4-5,8,12,18H,6-7H2,1-3H3,(H,16,19). The predicted octanol–water partition coefficient (Wildman–Crippen LogP) is 2.78. The third-order valence-electron chi connectivity index (χ3n) is 3.11. The Morgan fingerprint density at radius 1 is 1.48 bits per heavy atom. The summed E-state index contributed by atoms with van der Waals surface area (Å²) in [6.45, 7) is 6.02. The van der Waals surface area contributed by atoms with E-state index in [0.29, 0.717) is 13.0 Å². The maximum atomic E-state index is 11.9. The number of nitrogens with one attached hydrogen (secondary N) is 1. The molecule has 0 heterocycles. The molecule has 0 aliphatic rings. The molecule has 6 nitrogen and oxygen atoms in total. The van der Waals surface area contributed by atoms with Crippen LogP contribution >= 0.6 is 11.6 Å². The van der Waals surface area contributed by atoms with E-state index in [0.717, 1.165) is 6.07 Å². The molecule has 0 radical (unpaired) electrons. The first-order chi connectivity index (χ1) is 9.62. The van der Waals surface area contributed by atoms with Gasteiger partial charge in [0, 0.05) is 18.7 Å². The number of halogens is 1. The van der Waals surface area contributed by atoms with E-state index >= 15 is 0 Å². The van der Waals surface area contributed by atoms with Crippen molar-refractivity contribution >= 4 is 23.2 Å². The van der Waals surface area contributed by atoms with Crippen LogP contribution in [0.3, 0.4) is 0 Å². The number of aliphatic hydroxyl groups excluding tert-OH is 1. The van der Waals surface area contributed by atoms with E-state index in [1.54, 1.807) is 0 Å². The van der Waals surface area contributed by atoms with Crippen molar-refractivity contribution in [3.8, 4) is 0 Å². The molecule has 21 heavy (non-hydrogen) atoms. The molecule has 116 valence electrons. The zero-order valence-electron chi connectivity index (χ0n) is 12.2. The van der Waals surface area contributed by atoms with Gasteiger partial charge in [-0.15, -0.1) is 0 Å². The van der Waals surface area contributed by atoms with Gasteiger partial charge in [0.2, 0.25) is 0 Å². The van der Waals surface area contributed by atoms with Crippen LogP contribution in [0, 0.1) is 15.5 Å². The van der Waals surface area contributed by atoms with Gasteiger partial charge in [0.05, 0.1) is 21.6 Å². The van der Waals surface area contributed by atoms with Crippen molar-refractivity contribution in [2.45, 2.75) is 33.3 Å². The molecule has 0 spiro atoms. The number of nitrogens with zero attached hydrogens (tertiary/aromatic N) is 1. The van der Waals surface area contributed by atoms with Crippen molar-refractivity contribution in [2.75, 3.05) is 6.54 Å². The molecule has 0 aliphatic heterocycles. The molecule has 1 rings (SSSR count). The Labute approximate surface area is 128 Å². The topological polar surface area (TPSA) is 92.5 Å². The molecule has 0 saturated heterocycles. The average Bonchev–Trinajstić information content (AvgIpc) is 2.36. The first-order valence-corrected chi connectivity index (χ1v) is 6.91. The number of benzene rings is 1. The molecular weight excluding hydrogens is 296 g/mol. The normalized spacial score (nSPS) is 12.8. The summed E-state index contributed by atoms with van der Waals surface area (Å²) in [5.41, 5.74) is -0.248. The Kier molecular flexibility index (Phi) is 5.69. The van der Waals surface area contributed by atoms with Gasteiger partial charge >= 0.3 is 0 Å². The molecule has 0 bridgehead atoms. The van der Waals surface area contributed by atoms with Gasteiger partial charge in [0.15, 0.2) is 0 Å². The van der Waals surface area contributed by atoms with Gasteiger partial charge in [-0.25, -0.2) is 0 Å². The van der Waals surface area contributed by atoms with Crippen LogP contribution < -0.4 is 5.32 Å². The van der Waals surface area contributed by atoms with Gasteiger partial charge in [-0.1, -0.05) is 32.4 Å². The molecule has 2 N–H and O–H groups in total. The van der Waals surface area contributed by atoms with Crippen LogP contribution in [0.25, 0.3) is 0 Å². The fourth-order valence-electron chi connectivity index (χ4n) is 1.65. The third kappa shape index (κ3) is 4.99. The van der Waals surface area contributed by atoms with Crippen molar-refractivity contribution in [2.24, 2.45) is 5.41 Å². The molecule has 7 heteroatoms. The number of hydrogen-bond acceptors (Lipinski definition) is 4. The van der Waals surface area contributed by atoms with Crippen molar-refractivity contribution in [3.63, 3.8) is 0 Å². The fraction of sp³-hybridized carbons (Fsp3) is 0.500. The van der Waals surface area contributed by atoms with Gasteiger partial charge in [-0.2, -0.15) is 0 Å². The summed E-state index contributed by atoms with van der Waals surface area (Å²) in [4.78, 5) is 21.9. The Hall–Kier alpha value is -1.66. The van der Waals surface area contributed by atoms with Crippen LogP contribution in [0.5, 0.6) is 0 Å². The lowest BCUT2D eigenvalue weighted by Gasteiger charge is -2.25. The number of carbonyl (C=O) groups excluding carboxylic acids is 1. The molecular formula is C14H19ClN2O4. The predicted molar refractivity (Wildman–Crippen MR) is 80.5 cm³/mol. The average molecular weight is 315 g/mol. The van der Waals surface area contributed by atoms with Crippen LogP contribution in [0.15, 0.2) is 18.2 Å². The van der Waals surface area contributed by atoms with E-state index in [1.165, 1.54) is 12.1 Å². The van der Waals surface area contributed by atoms with E-state index in [1.807, 2.05) is 20.8 Å². The van der Waals surface area contributed by atoms with Crippen LogP contribution in [0.1, 0.15) is 37.6 Å². The number of nitro benzene ring substituents is 1. The number of non-ortho nitro benzene ring substituents is 1. The lowest BCUT2D eigenvalue weighted by atomic mass is 9.87. The zero-order valence-corrected chi connectivity index (χ0v) is 13.0. The molecule has 1 amide bonds. The number of hydrogen-bond donors (Lipinski definition) is 2. The second kappa shape index (κ2) is 6.87. The van der Waals surface area contributed by atoms with Crippen molar-refractivity contribution < 1.29 is 14.8 Å². The molecule has 0 aliphatic carbocycles. The highest BCUT2D eigenvalue weighted by molar-refractivity contribution is 6.34. The highest BCUT2D eigenvalue weighted by atomic mass is 35.5. The highest BCUT2D eigenvalue weighted by Crippen LogP contribution is 2.23. The first-order valence-electron chi connectivity index (χ1n) is 6.53. The lowest BCUT2D eigenvalue weighted by Crippen LogP contribution is -2.32. The first kappa shape index (κ1) is 17.4. The van der Waals surface area contributed by atoms with Crippen LogP contribution in [-0.2, 0) is 0 Å². The minimum absolute atomic E-state index is 0.0260. The van der Waals surface area contributed by atoms with E-state index in [4.69, 9.17) is 11.6 Å². The number of rotatable bonds is 5. The molecule has 1 unspecified atom stereocenters. The molecule has 0 saturated carbocycles. The molecule has 1 atom stereocenters. The molecule has 0 aromatic heterocycles. The summed E-state index contributed by atoms with van der Waals surface area (Å²) in [5, 5.41) is 23.1. The molecule has 1 aromatic carbocycles. The maximum absolute atomic E-state index is 11.9. The van der Waals surface area contributed by atoms with Gasteiger partial charge in [-0.3, -0.25) is 14.9 Å². The minimum Gasteiger partial charge on any atom is -0.393 e. The van der Waals surface area contributed by atoms with Gasteiger partial charge in [0.25, 0.3) is 11.6 Å². The number of aliphatic hydroxyl groups is 1. The van der Waals surface area contributed by atoms with Crippen molar-refractivity contribution in [1.82, 2.24) is 5.32 Å². The number of carbonyl (C=O) groups is 1. The number of nitro groups is 1. The monoisotopic (exact) mass is 314 g/mol. The second-order valence-electron chi connectivity index (χ2n) is 5.85. The summed E-state index contributed by atoms with van der Waals surface area (Å²) in [5.74, 6) is -0.420. The van der Waals surface area contributed by atoms with E-state index in [9.17, 15) is 20.0 Å². The van der Waals surface area contributed by atoms with Gasteiger partial charge in [-0.05, 0) is 17.9 Å². The fourth-order valence-corrected chi connectivity index (χ4v) is 1.91. The van der Waals surface area contributed by atoms with Crippen LogP contribution in [-0.4, -0.2) is 28.6 Å². The summed E-state index contributed by atoms with van der Waals surface area (Å²) < 4.78 is 0. The van der Waals surface area contributed by atoms with E-state index in [-0.39, 0.29) is 21.7 Å². The lowest BCUT2D eigenvalue weighted by molar-refractivity contribution is -0.384.